The van der Waals surface area contributed by atoms with Crippen LogP contribution in [0.15, 0.2) is 65.2 Å². The molecule has 2 nitrogen and oxygen atoms in total. The Labute approximate surface area is 139 Å². The fourth-order valence-electron chi connectivity index (χ4n) is 1.91. The summed E-state index contributed by atoms with van der Waals surface area (Å²) < 4.78 is 0.999. The van der Waals surface area contributed by atoms with E-state index in [9.17, 15) is 4.79 Å². The van der Waals surface area contributed by atoms with Gasteiger partial charge in [-0.15, -0.1) is 0 Å². The molecule has 0 amide bonds. The molecule has 0 spiro atoms. The maximum atomic E-state index is 11.9. The van der Waals surface area contributed by atoms with Gasteiger partial charge >= 0.3 is 0 Å². The van der Waals surface area contributed by atoms with Crippen LogP contribution in [0.25, 0.3) is 12.2 Å². The molecule has 0 aliphatic heterocycles. The molecule has 0 saturated heterocycles. The van der Waals surface area contributed by atoms with Crippen LogP contribution in [0.4, 0.5) is 5.69 Å². The molecule has 3 heteroatoms. The summed E-state index contributed by atoms with van der Waals surface area (Å²) in [4.78, 5) is 13.9. The number of allylic oxidation sites excluding steroid dienone is 2. The Bertz CT molecular complexity index is 700. The predicted molar refractivity (Wildman–Crippen MR) is 98.0 cm³/mol. The zero-order valence-electron chi connectivity index (χ0n) is 12.7. The molecule has 2 aromatic carbocycles. The van der Waals surface area contributed by atoms with Gasteiger partial charge in [0.25, 0.3) is 0 Å². The number of hydrogen-bond acceptors (Lipinski definition) is 2. The van der Waals surface area contributed by atoms with Crippen LogP contribution in [0.5, 0.6) is 0 Å². The number of benzene rings is 2. The van der Waals surface area contributed by atoms with Gasteiger partial charge in [-0.05, 0) is 47.5 Å². The van der Waals surface area contributed by atoms with Crippen LogP contribution in [0.3, 0.4) is 0 Å². The molecule has 0 heterocycles. The Hall–Kier alpha value is -2.13. The van der Waals surface area contributed by atoms with Gasteiger partial charge < -0.3 is 4.90 Å². The van der Waals surface area contributed by atoms with Crippen molar-refractivity contribution in [2.24, 2.45) is 0 Å². The minimum absolute atomic E-state index is 0.0309. The summed E-state index contributed by atoms with van der Waals surface area (Å²) in [7, 11) is 4.00. The zero-order chi connectivity index (χ0) is 15.9. The zero-order valence-corrected chi connectivity index (χ0v) is 14.2. The number of hydrogen-bond donors (Lipinski definition) is 0. The van der Waals surface area contributed by atoms with Gasteiger partial charge in [0.15, 0.2) is 5.78 Å². The first-order chi connectivity index (χ1) is 10.5. The molecule has 0 unspecified atom stereocenters. The standard InChI is InChI=1S/C19H18BrNO/c1-21(2)18-10-6-15(7-11-18)8-12-19(22)13-9-16-4-3-5-17(20)14-16/h3-14H,1-2H3. The Morgan fingerprint density at radius 1 is 0.955 bits per heavy atom. The van der Waals surface area contributed by atoms with E-state index in [1.165, 1.54) is 0 Å². The van der Waals surface area contributed by atoms with Crippen molar-refractivity contribution in [2.45, 2.75) is 0 Å². The van der Waals surface area contributed by atoms with Gasteiger partial charge in [-0.25, -0.2) is 0 Å². The highest BCUT2D eigenvalue weighted by molar-refractivity contribution is 9.10. The summed E-state index contributed by atoms with van der Waals surface area (Å²) >= 11 is 3.41. The molecule has 0 fully saturated rings. The van der Waals surface area contributed by atoms with Gasteiger partial charge in [0.2, 0.25) is 0 Å². The van der Waals surface area contributed by atoms with Crippen LogP contribution in [0.1, 0.15) is 11.1 Å². The summed E-state index contributed by atoms with van der Waals surface area (Å²) in [6, 6.07) is 15.9. The molecule has 0 N–H and O–H groups in total. The quantitative estimate of drug-likeness (QED) is 0.717. The maximum Gasteiger partial charge on any atom is 0.178 e. The van der Waals surface area contributed by atoms with Gasteiger partial charge in [0.05, 0.1) is 0 Å². The summed E-state index contributed by atoms with van der Waals surface area (Å²) in [6.45, 7) is 0. The number of anilines is 1. The second-order valence-corrected chi connectivity index (χ2v) is 6.03. The Morgan fingerprint density at radius 3 is 2.18 bits per heavy atom. The molecule has 0 aromatic heterocycles. The van der Waals surface area contributed by atoms with Crippen LogP contribution in [-0.2, 0) is 4.79 Å². The molecule has 0 aliphatic rings. The molecule has 22 heavy (non-hydrogen) atoms. The van der Waals surface area contributed by atoms with E-state index in [2.05, 4.69) is 15.9 Å². The third-order valence-corrected chi connectivity index (χ3v) is 3.63. The average molecular weight is 356 g/mol. The lowest BCUT2D eigenvalue weighted by Gasteiger charge is -2.11. The lowest BCUT2D eigenvalue weighted by molar-refractivity contribution is -0.110. The Morgan fingerprint density at radius 2 is 1.59 bits per heavy atom. The van der Waals surface area contributed by atoms with Crippen molar-refractivity contribution in [3.63, 3.8) is 0 Å². The number of nitrogens with zero attached hydrogens (tertiary/aromatic N) is 1. The SMILES string of the molecule is CN(C)c1ccc(C=CC(=O)C=Cc2cccc(Br)c2)cc1. The normalized spacial score (nSPS) is 11.2. The van der Waals surface area contributed by atoms with E-state index in [1.54, 1.807) is 12.2 Å². The van der Waals surface area contributed by atoms with Crippen molar-refractivity contribution in [1.29, 1.82) is 0 Å². The number of carbonyl (C=O) groups excluding carboxylic acids is 1. The summed E-state index contributed by atoms with van der Waals surface area (Å²) in [5.41, 5.74) is 3.14. The van der Waals surface area contributed by atoms with Crippen LogP contribution in [0, 0.1) is 0 Å². The van der Waals surface area contributed by atoms with Crippen molar-refractivity contribution in [2.75, 3.05) is 19.0 Å². The van der Waals surface area contributed by atoms with Crippen LogP contribution in [0.2, 0.25) is 0 Å². The molecular formula is C19H18BrNO. The first kappa shape index (κ1) is 16.2. The topological polar surface area (TPSA) is 20.3 Å². The van der Waals surface area contributed by atoms with Crippen LogP contribution in [-0.4, -0.2) is 19.9 Å². The van der Waals surface area contributed by atoms with E-state index in [1.807, 2.05) is 79.7 Å². The minimum Gasteiger partial charge on any atom is -0.378 e. The lowest BCUT2D eigenvalue weighted by Crippen LogP contribution is -2.07. The van der Waals surface area contributed by atoms with Crippen LogP contribution < -0.4 is 4.90 Å². The molecule has 0 atom stereocenters. The van der Waals surface area contributed by atoms with E-state index >= 15 is 0 Å². The molecule has 0 radical (unpaired) electrons. The average Bonchev–Trinajstić information content (AvgIpc) is 2.51. The monoisotopic (exact) mass is 355 g/mol. The summed E-state index contributed by atoms with van der Waals surface area (Å²) in [6.07, 6.45) is 6.80. The smallest absolute Gasteiger partial charge is 0.178 e. The van der Waals surface area contributed by atoms with Gasteiger partial charge in [-0.3, -0.25) is 4.79 Å². The third kappa shape index (κ3) is 5.01. The van der Waals surface area contributed by atoms with E-state index in [-0.39, 0.29) is 5.78 Å². The minimum atomic E-state index is -0.0309. The number of halogens is 1. The van der Waals surface area contributed by atoms with E-state index in [4.69, 9.17) is 0 Å². The molecule has 112 valence electrons. The van der Waals surface area contributed by atoms with Crippen LogP contribution >= 0.6 is 15.9 Å². The van der Waals surface area contributed by atoms with Gasteiger partial charge in [-0.2, -0.15) is 0 Å². The van der Waals surface area contributed by atoms with Crippen molar-refractivity contribution < 1.29 is 4.79 Å². The van der Waals surface area contributed by atoms with Crippen molar-refractivity contribution in [3.05, 3.63) is 76.3 Å². The number of ketones is 1. The van der Waals surface area contributed by atoms with Gasteiger partial charge in [-0.1, -0.05) is 52.3 Å². The van der Waals surface area contributed by atoms with E-state index in [0.29, 0.717) is 0 Å². The Kier molecular flexibility index (Phi) is 5.73. The number of carbonyl (C=O) groups is 1. The van der Waals surface area contributed by atoms with Crippen molar-refractivity contribution in [3.8, 4) is 0 Å². The van der Waals surface area contributed by atoms with Gasteiger partial charge in [0.1, 0.15) is 0 Å². The van der Waals surface area contributed by atoms with Crippen molar-refractivity contribution >= 4 is 39.6 Å². The third-order valence-electron chi connectivity index (χ3n) is 3.14. The summed E-state index contributed by atoms with van der Waals surface area (Å²) in [5, 5.41) is 0. The second kappa shape index (κ2) is 7.76. The molecule has 0 aliphatic carbocycles. The molecule has 2 rings (SSSR count). The second-order valence-electron chi connectivity index (χ2n) is 5.11. The van der Waals surface area contributed by atoms with Crippen molar-refractivity contribution in [1.82, 2.24) is 0 Å². The highest BCUT2D eigenvalue weighted by atomic mass is 79.9. The van der Waals surface area contributed by atoms with E-state index < -0.39 is 0 Å². The highest BCUT2D eigenvalue weighted by Gasteiger charge is 1.95. The molecule has 2 aromatic rings. The number of rotatable bonds is 5. The highest BCUT2D eigenvalue weighted by Crippen LogP contribution is 2.14. The summed E-state index contributed by atoms with van der Waals surface area (Å²) in [5.74, 6) is -0.0309. The maximum absolute atomic E-state index is 11.9. The lowest BCUT2D eigenvalue weighted by atomic mass is 10.1. The first-order valence-electron chi connectivity index (χ1n) is 6.98. The fraction of sp³-hybridized carbons (Fsp3) is 0.105. The Balaban J connectivity index is 1.99. The predicted octanol–water partition coefficient (Wildman–Crippen LogP) is 4.81. The fourth-order valence-corrected chi connectivity index (χ4v) is 2.32. The van der Waals surface area contributed by atoms with Gasteiger partial charge in [0, 0.05) is 24.3 Å². The molecular weight excluding hydrogens is 338 g/mol. The largest absolute Gasteiger partial charge is 0.378 e. The molecule has 0 bridgehead atoms. The molecule has 0 saturated carbocycles. The van der Waals surface area contributed by atoms with E-state index in [0.717, 1.165) is 21.3 Å². The first-order valence-corrected chi connectivity index (χ1v) is 7.77.